The van der Waals surface area contributed by atoms with Crippen molar-refractivity contribution >= 4 is 54.7 Å². The first-order valence-electron chi connectivity index (χ1n) is 10.6. The maximum Gasteiger partial charge on any atom is 0.0922 e. The first kappa shape index (κ1) is 23.6. The molecule has 0 amide bonds. The van der Waals surface area contributed by atoms with E-state index >= 15 is 0 Å². The van der Waals surface area contributed by atoms with Crippen LogP contribution in [-0.4, -0.2) is 11.4 Å². The van der Waals surface area contributed by atoms with Gasteiger partial charge in [0.15, 0.2) is 0 Å². The fourth-order valence-electron chi connectivity index (χ4n) is 3.52. The molecule has 0 radical (unpaired) electrons. The lowest BCUT2D eigenvalue weighted by atomic mass is 9.92. The Kier molecular flexibility index (Phi) is 8.01. The minimum atomic E-state index is 0.389. The molecule has 0 atom stereocenters. The molecule has 0 N–H and O–H groups in total. The molecule has 3 aromatic rings. The van der Waals surface area contributed by atoms with Crippen LogP contribution >= 0.6 is 31.9 Å². The number of hydrogen-bond acceptors (Lipinski definition) is 2. The summed E-state index contributed by atoms with van der Waals surface area (Å²) >= 11 is 7.30. The minimum absolute atomic E-state index is 0.389. The number of benzene rings is 3. The molecular weight excluding hydrogens is 512 g/mol. The van der Waals surface area contributed by atoms with Crippen LogP contribution in [-0.2, 0) is 0 Å². The smallest absolute Gasteiger partial charge is 0.0922 e. The first-order valence-corrected chi connectivity index (χ1v) is 12.1. The van der Waals surface area contributed by atoms with Gasteiger partial charge in [-0.25, -0.2) is 4.99 Å². The predicted octanol–water partition coefficient (Wildman–Crippen LogP) is 9.37. The zero-order chi connectivity index (χ0) is 22.5. The Morgan fingerprint density at radius 2 is 1.16 bits per heavy atom. The summed E-state index contributed by atoms with van der Waals surface area (Å²) in [6, 6.07) is 22.8. The molecule has 0 aliphatic heterocycles. The van der Waals surface area contributed by atoms with E-state index in [1.807, 2.05) is 36.4 Å². The van der Waals surface area contributed by atoms with Gasteiger partial charge in [-0.1, -0.05) is 82.3 Å². The van der Waals surface area contributed by atoms with Crippen LogP contribution in [0, 0.1) is 0 Å². The highest BCUT2D eigenvalue weighted by atomic mass is 79.9. The zero-order valence-corrected chi connectivity index (χ0v) is 21.8. The highest BCUT2D eigenvalue weighted by Gasteiger charge is 2.16. The van der Waals surface area contributed by atoms with E-state index in [1.165, 1.54) is 11.1 Å². The normalized spacial score (nSPS) is 12.7. The molecule has 3 aromatic carbocycles. The van der Waals surface area contributed by atoms with E-state index in [4.69, 9.17) is 9.98 Å². The second-order valence-electron chi connectivity index (χ2n) is 8.19. The third-order valence-electron chi connectivity index (χ3n) is 5.17. The molecule has 0 fully saturated rings. The van der Waals surface area contributed by atoms with E-state index in [1.54, 1.807) is 0 Å². The van der Waals surface area contributed by atoms with Gasteiger partial charge in [0.25, 0.3) is 0 Å². The number of nitrogens with zero attached hydrogens (tertiary/aromatic N) is 2. The molecule has 0 bridgehead atoms. The monoisotopic (exact) mass is 538 g/mol. The molecule has 0 saturated heterocycles. The maximum absolute atomic E-state index is 5.19. The van der Waals surface area contributed by atoms with Gasteiger partial charge in [-0.05, 0) is 73.9 Å². The average Bonchev–Trinajstić information content (AvgIpc) is 2.74. The third kappa shape index (κ3) is 5.61. The third-order valence-corrected chi connectivity index (χ3v) is 6.45. The quantitative estimate of drug-likeness (QED) is 0.279. The van der Waals surface area contributed by atoms with Crippen LogP contribution in [0.5, 0.6) is 0 Å². The maximum atomic E-state index is 5.19. The van der Waals surface area contributed by atoms with Crippen molar-refractivity contribution in [3.63, 3.8) is 0 Å². The van der Waals surface area contributed by atoms with Crippen molar-refractivity contribution in [2.45, 2.75) is 46.5 Å². The van der Waals surface area contributed by atoms with Crippen LogP contribution in [0.15, 0.2) is 85.7 Å². The molecule has 0 saturated carbocycles. The van der Waals surface area contributed by atoms with Crippen molar-refractivity contribution in [3.8, 4) is 0 Å². The zero-order valence-electron chi connectivity index (χ0n) is 18.7. The molecule has 3 rings (SSSR count). The Labute approximate surface area is 202 Å². The van der Waals surface area contributed by atoms with Crippen molar-refractivity contribution in [2.75, 3.05) is 0 Å². The fraction of sp³-hybridized carbons (Fsp3) is 0.259. The Hall–Kier alpha value is -2.04. The molecule has 160 valence electrons. The van der Waals surface area contributed by atoms with Gasteiger partial charge in [0.1, 0.15) is 0 Å². The number of hydrogen-bond donors (Lipinski definition) is 0. The van der Waals surface area contributed by atoms with Crippen molar-refractivity contribution in [2.24, 2.45) is 9.98 Å². The number of halogens is 2. The van der Waals surface area contributed by atoms with Gasteiger partial charge in [0.05, 0.1) is 22.8 Å². The highest BCUT2D eigenvalue weighted by Crippen LogP contribution is 2.36. The van der Waals surface area contributed by atoms with E-state index in [-0.39, 0.29) is 0 Å². The van der Waals surface area contributed by atoms with Crippen LogP contribution < -0.4 is 0 Å². The van der Waals surface area contributed by atoms with Crippen molar-refractivity contribution in [3.05, 3.63) is 92.4 Å². The molecule has 31 heavy (non-hydrogen) atoms. The molecule has 0 aromatic heterocycles. The summed E-state index contributed by atoms with van der Waals surface area (Å²) in [7, 11) is 0. The highest BCUT2D eigenvalue weighted by molar-refractivity contribution is 9.11. The lowest BCUT2D eigenvalue weighted by Gasteiger charge is -2.18. The Bertz CT molecular complexity index is 1070. The second kappa shape index (κ2) is 10.5. The van der Waals surface area contributed by atoms with Crippen LogP contribution in [0.2, 0.25) is 0 Å². The molecule has 0 heterocycles. The van der Waals surface area contributed by atoms with E-state index in [9.17, 15) is 0 Å². The van der Waals surface area contributed by atoms with Gasteiger partial charge >= 0.3 is 0 Å². The SMILES string of the molecule is CC(=Nc1c(C(C)C)cccc1C(C)C)C(=Nc1c(Br)cccc1Br)c1ccccc1. The van der Waals surface area contributed by atoms with Gasteiger partial charge in [-0.15, -0.1) is 0 Å². The van der Waals surface area contributed by atoms with Gasteiger partial charge < -0.3 is 0 Å². The first-order chi connectivity index (χ1) is 14.8. The van der Waals surface area contributed by atoms with Gasteiger partial charge in [-0.3, -0.25) is 4.99 Å². The van der Waals surface area contributed by atoms with Gasteiger partial charge in [0, 0.05) is 14.5 Å². The summed E-state index contributed by atoms with van der Waals surface area (Å²) in [6.45, 7) is 10.9. The summed E-state index contributed by atoms with van der Waals surface area (Å²) in [4.78, 5) is 10.3. The van der Waals surface area contributed by atoms with E-state index < -0.39 is 0 Å². The van der Waals surface area contributed by atoms with E-state index in [0.29, 0.717) is 11.8 Å². The van der Waals surface area contributed by atoms with Crippen LogP contribution in [0.4, 0.5) is 11.4 Å². The average molecular weight is 540 g/mol. The number of para-hydroxylation sites is 2. The van der Waals surface area contributed by atoms with Crippen molar-refractivity contribution in [1.29, 1.82) is 0 Å². The molecule has 0 spiro atoms. The Morgan fingerprint density at radius 3 is 1.68 bits per heavy atom. The van der Waals surface area contributed by atoms with Crippen LogP contribution in [0.1, 0.15) is 63.1 Å². The summed E-state index contributed by atoms with van der Waals surface area (Å²) < 4.78 is 1.88. The predicted molar refractivity (Wildman–Crippen MR) is 142 cm³/mol. The second-order valence-corrected chi connectivity index (χ2v) is 9.90. The molecule has 4 heteroatoms. The van der Waals surface area contributed by atoms with Gasteiger partial charge in [-0.2, -0.15) is 0 Å². The number of aliphatic imine (C=N–C) groups is 2. The minimum Gasteiger partial charge on any atom is -0.251 e. The topological polar surface area (TPSA) is 24.7 Å². The molecule has 0 aliphatic rings. The molecule has 0 aliphatic carbocycles. The number of rotatable bonds is 6. The lowest BCUT2D eigenvalue weighted by Crippen LogP contribution is -2.12. The van der Waals surface area contributed by atoms with Crippen LogP contribution in [0.25, 0.3) is 0 Å². The van der Waals surface area contributed by atoms with Crippen molar-refractivity contribution in [1.82, 2.24) is 0 Å². The van der Waals surface area contributed by atoms with E-state index in [2.05, 4.69) is 96.8 Å². The van der Waals surface area contributed by atoms with Gasteiger partial charge in [0.2, 0.25) is 0 Å². The molecule has 0 unspecified atom stereocenters. The summed E-state index contributed by atoms with van der Waals surface area (Å²) in [5, 5.41) is 0. The summed E-state index contributed by atoms with van der Waals surface area (Å²) in [5.74, 6) is 0.777. The summed E-state index contributed by atoms with van der Waals surface area (Å²) in [6.07, 6.45) is 0. The standard InChI is InChI=1S/C27H28Br2N2/c1-17(2)21-13-9-14-22(18(3)4)26(21)30-19(5)25(20-11-7-6-8-12-20)31-27-23(28)15-10-16-24(27)29/h6-18H,1-5H3. The molecule has 2 nitrogen and oxygen atoms in total. The van der Waals surface area contributed by atoms with Crippen molar-refractivity contribution < 1.29 is 0 Å². The largest absolute Gasteiger partial charge is 0.251 e. The summed E-state index contributed by atoms with van der Waals surface area (Å²) in [5.41, 5.74) is 7.25. The molecular formula is C27H28Br2N2. The Balaban J connectivity index is 2.25. The van der Waals surface area contributed by atoms with Crippen LogP contribution in [0.3, 0.4) is 0 Å². The van der Waals surface area contributed by atoms with E-state index in [0.717, 1.165) is 37.3 Å². The lowest BCUT2D eigenvalue weighted by molar-refractivity contribution is 0.835. The fourth-order valence-corrected chi connectivity index (χ4v) is 4.70. The Morgan fingerprint density at radius 1 is 0.645 bits per heavy atom.